The van der Waals surface area contributed by atoms with Crippen LogP contribution in [0.5, 0.6) is 5.75 Å². The van der Waals surface area contributed by atoms with Crippen molar-refractivity contribution in [2.45, 2.75) is 6.42 Å². The molecule has 3 N–H and O–H groups in total. The minimum atomic E-state index is -0.286. The number of ether oxygens (including phenoxy) is 2. The van der Waals surface area contributed by atoms with Gasteiger partial charge in [0, 0.05) is 25.6 Å². The molecule has 3 rings (SSSR count). The summed E-state index contributed by atoms with van der Waals surface area (Å²) in [6, 6.07) is 13.5. The Balaban J connectivity index is 1.73. The van der Waals surface area contributed by atoms with Crippen molar-refractivity contribution in [2.75, 3.05) is 32.7 Å². The molecule has 136 valence electrons. The van der Waals surface area contributed by atoms with Crippen molar-refractivity contribution < 1.29 is 14.3 Å². The third kappa shape index (κ3) is 4.12. The van der Waals surface area contributed by atoms with Crippen molar-refractivity contribution in [3.8, 4) is 16.9 Å². The number of amides is 2. The highest BCUT2D eigenvalue weighted by Crippen LogP contribution is 2.28. The van der Waals surface area contributed by atoms with Crippen LogP contribution in [0.25, 0.3) is 22.0 Å². The van der Waals surface area contributed by atoms with E-state index in [1.165, 1.54) is 0 Å². The molecular formula is C19H22N4O3. The van der Waals surface area contributed by atoms with E-state index in [0.29, 0.717) is 19.0 Å². The molecule has 0 unspecified atom stereocenters. The van der Waals surface area contributed by atoms with Crippen LogP contribution in [0.1, 0.15) is 6.42 Å². The van der Waals surface area contributed by atoms with Crippen molar-refractivity contribution in [1.29, 1.82) is 0 Å². The number of hydrogen-bond acceptors (Lipinski definition) is 4. The number of nitrogens with one attached hydrogen (secondary N) is 3. The van der Waals surface area contributed by atoms with Gasteiger partial charge in [0.2, 0.25) is 0 Å². The SMILES string of the molecule is COCCCNC(=O)Nc1n[nH]c2cc(-c3cccc(OC)c3)ccc12. The van der Waals surface area contributed by atoms with Crippen molar-refractivity contribution in [3.63, 3.8) is 0 Å². The summed E-state index contributed by atoms with van der Waals surface area (Å²) in [4.78, 5) is 11.9. The van der Waals surface area contributed by atoms with Gasteiger partial charge in [-0.05, 0) is 41.8 Å². The van der Waals surface area contributed by atoms with E-state index in [4.69, 9.17) is 9.47 Å². The second-order valence-corrected chi connectivity index (χ2v) is 5.79. The first-order valence-corrected chi connectivity index (χ1v) is 8.37. The quantitative estimate of drug-likeness (QED) is 0.568. The number of carbonyl (C=O) groups excluding carboxylic acids is 1. The minimum Gasteiger partial charge on any atom is -0.497 e. The van der Waals surface area contributed by atoms with Crippen LogP contribution in [0.2, 0.25) is 0 Å². The fourth-order valence-electron chi connectivity index (χ4n) is 2.67. The predicted octanol–water partition coefficient (Wildman–Crippen LogP) is 3.40. The lowest BCUT2D eigenvalue weighted by Crippen LogP contribution is -2.30. The average Bonchev–Trinajstić information content (AvgIpc) is 3.07. The highest BCUT2D eigenvalue weighted by atomic mass is 16.5. The fourth-order valence-corrected chi connectivity index (χ4v) is 2.67. The first kappa shape index (κ1) is 17.8. The molecule has 2 amide bonds. The second kappa shape index (κ2) is 8.35. The molecule has 0 aliphatic carbocycles. The monoisotopic (exact) mass is 354 g/mol. The summed E-state index contributed by atoms with van der Waals surface area (Å²) < 4.78 is 10.2. The molecule has 0 fully saturated rings. The van der Waals surface area contributed by atoms with Crippen LogP contribution in [-0.2, 0) is 4.74 Å². The maximum absolute atomic E-state index is 11.9. The summed E-state index contributed by atoms with van der Waals surface area (Å²) in [7, 11) is 3.28. The molecule has 0 bridgehead atoms. The number of fused-ring (bicyclic) bond motifs is 1. The van der Waals surface area contributed by atoms with E-state index in [9.17, 15) is 4.79 Å². The topological polar surface area (TPSA) is 88.3 Å². The average molecular weight is 354 g/mol. The molecule has 0 aliphatic rings. The van der Waals surface area contributed by atoms with Gasteiger partial charge in [-0.2, -0.15) is 5.10 Å². The van der Waals surface area contributed by atoms with Gasteiger partial charge in [0.15, 0.2) is 5.82 Å². The Morgan fingerprint density at radius 2 is 2.00 bits per heavy atom. The van der Waals surface area contributed by atoms with Crippen LogP contribution in [0.15, 0.2) is 42.5 Å². The first-order chi connectivity index (χ1) is 12.7. The molecule has 0 aliphatic heterocycles. The van der Waals surface area contributed by atoms with Crippen LogP contribution in [0.4, 0.5) is 10.6 Å². The number of urea groups is 1. The third-order valence-corrected chi connectivity index (χ3v) is 4.01. The summed E-state index contributed by atoms with van der Waals surface area (Å²) in [5.74, 6) is 1.31. The van der Waals surface area contributed by atoms with Crippen molar-refractivity contribution in [1.82, 2.24) is 15.5 Å². The zero-order valence-corrected chi connectivity index (χ0v) is 14.8. The van der Waals surface area contributed by atoms with Crippen molar-refractivity contribution >= 4 is 22.8 Å². The third-order valence-electron chi connectivity index (χ3n) is 4.01. The van der Waals surface area contributed by atoms with Gasteiger partial charge in [0.1, 0.15) is 5.75 Å². The highest BCUT2D eigenvalue weighted by molar-refractivity contribution is 6.00. The molecule has 0 saturated heterocycles. The van der Waals surface area contributed by atoms with Gasteiger partial charge in [-0.1, -0.05) is 18.2 Å². The van der Waals surface area contributed by atoms with Gasteiger partial charge in [-0.15, -0.1) is 0 Å². The van der Waals surface area contributed by atoms with Gasteiger partial charge in [-0.25, -0.2) is 4.79 Å². The minimum absolute atomic E-state index is 0.286. The van der Waals surface area contributed by atoms with E-state index >= 15 is 0 Å². The van der Waals surface area contributed by atoms with Crippen LogP contribution >= 0.6 is 0 Å². The first-order valence-electron chi connectivity index (χ1n) is 8.37. The molecule has 0 spiro atoms. The molecule has 2 aromatic carbocycles. The zero-order chi connectivity index (χ0) is 18.4. The van der Waals surface area contributed by atoms with E-state index < -0.39 is 0 Å². The second-order valence-electron chi connectivity index (χ2n) is 5.79. The highest BCUT2D eigenvalue weighted by Gasteiger charge is 2.10. The van der Waals surface area contributed by atoms with Gasteiger partial charge in [-0.3, -0.25) is 10.4 Å². The number of hydrogen-bond donors (Lipinski definition) is 3. The molecule has 1 heterocycles. The Bertz CT molecular complexity index is 891. The van der Waals surface area contributed by atoms with E-state index in [-0.39, 0.29) is 6.03 Å². The fraction of sp³-hybridized carbons (Fsp3) is 0.263. The molecule has 0 radical (unpaired) electrons. The number of benzene rings is 2. The van der Waals surface area contributed by atoms with Gasteiger partial charge < -0.3 is 14.8 Å². The Labute approximate surface area is 151 Å². The smallest absolute Gasteiger partial charge is 0.320 e. The number of aromatic amines is 1. The lowest BCUT2D eigenvalue weighted by atomic mass is 10.0. The number of rotatable bonds is 7. The largest absolute Gasteiger partial charge is 0.497 e. The molecule has 7 nitrogen and oxygen atoms in total. The van der Waals surface area contributed by atoms with Gasteiger partial charge in [0.25, 0.3) is 0 Å². The lowest BCUT2D eigenvalue weighted by molar-refractivity contribution is 0.194. The number of H-pyrrole nitrogens is 1. The maximum atomic E-state index is 11.9. The van der Waals surface area contributed by atoms with Gasteiger partial charge >= 0.3 is 6.03 Å². The number of aromatic nitrogens is 2. The zero-order valence-electron chi connectivity index (χ0n) is 14.8. The van der Waals surface area contributed by atoms with Crippen LogP contribution in [-0.4, -0.2) is 43.6 Å². The Hall–Kier alpha value is -3.06. The Kier molecular flexibility index (Phi) is 5.70. The van der Waals surface area contributed by atoms with E-state index in [1.807, 2.05) is 42.5 Å². The molecule has 1 aromatic heterocycles. The number of anilines is 1. The Morgan fingerprint density at radius 1 is 1.15 bits per heavy atom. The summed E-state index contributed by atoms with van der Waals surface area (Å²) >= 11 is 0. The molecule has 7 heteroatoms. The van der Waals surface area contributed by atoms with Gasteiger partial charge in [0.05, 0.1) is 12.6 Å². The van der Waals surface area contributed by atoms with E-state index in [0.717, 1.165) is 34.2 Å². The Morgan fingerprint density at radius 3 is 2.81 bits per heavy atom. The molecule has 26 heavy (non-hydrogen) atoms. The van der Waals surface area contributed by atoms with Crippen LogP contribution in [0.3, 0.4) is 0 Å². The maximum Gasteiger partial charge on any atom is 0.320 e. The summed E-state index contributed by atoms with van der Waals surface area (Å²) in [5, 5.41) is 13.6. The number of carbonyl (C=O) groups is 1. The molecular weight excluding hydrogens is 332 g/mol. The van der Waals surface area contributed by atoms with Crippen molar-refractivity contribution in [2.24, 2.45) is 0 Å². The molecule has 3 aromatic rings. The van der Waals surface area contributed by atoms with E-state index in [1.54, 1.807) is 14.2 Å². The van der Waals surface area contributed by atoms with Crippen LogP contribution < -0.4 is 15.4 Å². The normalized spacial score (nSPS) is 10.7. The molecule has 0 atom stereocenters. The lowest BCUT2D eigenvalue weighted by Gasteiger charge is -2.06. The standard InChI is InChI=1S/C19H22N4O3/c1-25-10-4-9-20-19(24)21-18-16-8-7-14(12-17(16)22-23-18)13-5-3-6-15(11-13)26-2/h3,5-8,11-12H,4,9-10H2,1-2H3,(H3,20,21,22,23,24). The summed E-state index contributed by atoms with van der Waals surface area (Å²) in [6.07, 6.45) is 0.759. The van der Waals surface area contributed by atoms with E-state index in [2.05, 4.69) is 20.8 Å². The number of methoxy groups -OCH3 is 2. The summed E-state index contributed by atoms with van der Waals surface area (Å²) in [5.41, 5.74) is 2.93. The predicted molar refractivity (Wildman–Crippen MR) is 102 cm³/mol. The van der Waals surface area contributed by atoms with Crippen LogP contribution in [0, 0.1) is 0 Å². The van der Waals surface area contributed by atoms with Crippen molar-refractivity contribution in [3.05, 3.63) is 42.5 Å². The number of nitrogens with zero attached hydrogens (tertiary/aromatic N) is 1. The summed E-state index contributed by atoms with van der Waals surface area (Å²) in [6.45, 7) is 1.15. The molecule has 0 saturated carbocycles.